The van der Waals surface area contributed by atoms with Gasteiger partial charge in [-0.05, 0) is 107 Å². The molecule has 0 spiro atoms. The second kappa shape index (κ2) is 16.2. The molecule has 11 nitrogen and oxygen atoms in total. The van der Waals surface area contributed by atoms with Gasteiger partial charge in [0.05, 0.1) is 27.1 Å². The summed E-state index contributed by atoms with van der Waals surface area (Å²) in [6.07, 6.45) is 0.371. The molecule has 1 aromatic carbocycles. The summed E-state index contributed by atoms with van der Waals surface area (Å²) in [4.78, 5) is 63.5. The van der Waals surface area contributed by atoms with Crippen molar-refractivity contribution in [3.63, 3.8) is 0 Å². The molecule has 0 aliphatic carbocycles. The molecule has 0 radical (unpaired) electrons. The number of amides is 2. The lowest BCUT2D eigenvalue weighted by Crippen LogP contribution is -2.60. The Hall–Kier alpha value is -1.12. The average molecular weight is 870 g/mol. The molecule has 1 rings (SSSR count). The molecule has 0 aliphatic heterocycles. The van der Waals surface area contributed by atoms with Gasteiger partial charge in [0.1, 0.15) is 6.10 Å². The first-order chi connectivity index (χ1) is 17.7. The first kappa shape index (κ1) is 34.9. The fraction of sp³-hybridized carbons (Fsp3) is 0.542. The Labute approximate surface area is 263 Å². The van der Waals surface area contributed by atoms with Gasteiger partial charge in [0.15, 0.2) is 11.3 Å². The number of esters is 2. The second-order valence-corrected chi connectivity index (χ2v) is 11.7. The van der Waals surface area contributed by atoms with Crippen molar-refractivity contribution >= 4 is 109 Å². The smallest absolute Gasteiger partial charge is 0.334 e. The van der Waals surface area contributed by atoms with Crippen LogP contribution in [0.3, 0.4) is 0 Å². The first-order valence-electron chi connectivity index (χ1n) is 11.8. The fourth-order valence-electron chi connectivity index (χ4n) is 3.63. The third-order valence-electron chi connectivity index (χ3n) is 5.22. The maximum atomic E-state index is 14.5. The number of nitrogens with one attached hydrogen (secondary N) is 3. The van der Waals surface area contributed by atoms with Crippen LogP contribution in [0.5, 0.6) is 0 Å². The van der Waals surface area contributed by atoms with Crippen LogP contribution in [-0.2, 0) is 28.7 Å². The Morgan fingerprint density at radius 3 is 1.87 bits per heavy atom. The molecular formula is C24H33I3N4O7. The second-order valence-electron chi connectivity index (χ2n) is 8.43. The Morgan fingerprint density at radius 2 is 1.45 bits per heavy atom. The van der Waals surface area contributed by atoms with Crippen LogP contribution in [0.4, 0.5) is 11.4 Å². The Kier molecular flexibility index (Phi) is 14.9. The molecule has 0 aliphatic rings. The van der Waals surface area contributed by atoms with Crippen molar-refractivity contribution in [3.05, 3.63) is 16.3 Å². The highest BCUT2D eigenvalue weighted by molar-refractivity contribution is 14.1. The van der Waals surface area contributed by atoms with Crippen molar-refractivity contribution in [3.8, 4) is 0 Å². The number of anilines is 2. The van der Waals surface area contributed by atoms with Gasteiger partial charge in [-0.15, -0.1) is 0 Å². The molecule has 38 heavy (non-hydrogen) atoms. The van der Waals surface area contributed by atoms with Crippen LogP contribution in [0.15, 0.2) is 0 Å². The minimum absolute atomic E-state index is 0.0125. The molecular weight excluding hydrogens is 837 g/mol. The van der Waals surface area contributed by atoms with E-state index >= 15 is 0 Å². The fourth-order valence-corrected chi connectivity index (χ4v) is 7.82. The zero-order chi connectivity index (χ0) is 29.2. The summed E-state index contributed by atoms with van der Waals surface area (Å²) in [7, 11) is 0. The van der Waals surface area contributed by atoms with Crippen molar-refractivity contribution in [2.75, 3.05) is 30.3 Å². The third kappa shape index (κ3) is 9.22. The Morgan fingerprint density at radius 1 is 0.921 bits per heavy atom. The summed E-state index contributed by atoms with van der Waals surface area (Å²) in [5.74, 6) is -2.64. The number of carbonyl (C=O) groups is 5. The van der Waals surface area contributed by atoms with Gasteiger partial charge in [0.2, 0.25) is 11.8 Å². The number of rotatable bonds is 14. The highest BCUT2D eigenvalue weighted by Crippen LogP contribution is 2.41. The van der Waals surface area contributed by atoms with Gasteiger partial charge >= 0.3 is 11.9 Å². The van der Waals surface area contributed by atoms with Crippen LogP contribution in [0.25, 0.3) is 0 Å². The number of unbranched alkanes of at least 4 members (excludes halogenated alkanes) is 1. The van der Waals surface area contributed by atoms with E-state index in [2.05, 4.69) is 16.0 Å². The first-order valence-corrected chi connectivity index (χ1v) is 15.1. The SMILES string of the molecule is CCOC(=O)[C@](CCCCN)(NCC(C)OC(C)=O)C(=O)c1c(I)c(NC(C)=O)c(I)c(NC(C)=O)c1I. The van der Waals surface area contributed by atoms with Crippen molar-refractivity contribution in [2.24, 2.45) is 5.73 Å². The number of hydrogen-bond donors (Lipinski definition) is 4. The minimum Gasteiger partial charge on any atom is -0.464 e. The Balaban J connectivity index is 3.93. The summed E-state index contributed by atoms with van der Waals surface area (Å²) < 4.78 is 11.9. The molecule has 0 bridgehead atoms. The van der Waals surface area contributed by atoms with Gasteiger partial charge in [-0.1, -0.05) is 0 Å². The topological polar surface area (TPSA) is 166 Å². The number of carbonyl (C=O) groups excluding carboxylic acids is 5. The van der Waals surface area contributed by atoms with Gasteiger partial charge < -0.3 is 25.8 Å². The third-order valence-corrected chi connectivity index (χ3v) is 8.46. The normalized spacial score (nSPS) is 13.2. The lowest BCUT2D eigenvalue weighted by molar-refractivity contribution is -0.150. The largest absolute Gasteiger partial charge is 0.464 e. The Bertz CT molecular complexity index is 1040. The highest BCUT2D eigenvalue weighted by atomic mass is 127. The molecule has 1 unspecified atom stereocenters. The highest BCUT2D eigenvalue weighted by Gasteiger charge is 2.49. The minimum atomic E-state index is -1.85. The van der Waals surface area contributed by atoms with E-state index in [1.54, 1.807) is 13.8 Å². The summed E-state index contributed by atoms with van der Waals surface area (Å²) in [6.45, 7) is 7.57. The van der Waals surface area contributed by atoms with Crippen molar-refractivity contribution in [1.29, 1.82) is 0 Å². The molecule has 0 saturated carbocycles. The van der Waals surface area contributed by atoms with Crippen LogP contribution < -0.4 is 21.7 Å². The molecule has 0 fully saturated rings. The molecule has 0 saturated heterocycles. The van der Waals surface area contributed by atoms with Crippen LogP contribution in [0, 0.1) is 10.7 Å². The van der Waals surface area contributed by atoms with E-state index in [1.807, 2.05) is 67.8 Å². The van der Waals surface area contributed by atoms with Crippen LogP contribution in [0.1, 0.15) is 64.2 Å². The van der Waals surface area contributed by atoms with Gasteiger partial charge in [0, 0.05) is 34.5 Å². The molecule has 212 valence electrons. The van der Waals surface area contributed by atoms with Gasteiger partial charge in [-0.25, -0.2) is 4.79 Å². The van der Waals surface area contributed by atoms with Gasteiger partial charge in [-0.3, -0.25) is 24.5 Å². The van der Waals surface area contributed by atoms with E-state index in [0.717, 1.165) is 0 Å². The summed E-state index contributed by atoms with van der Waals surface area (Å²) in [5, 5.41) is 8.52. The van der Waals surface area contributed by atoms with E-state index in [1.165, 1.54) is 20.8 Å². The van der Waals surface area contributed by atoms with Crippen molar-refractivity contribution in [2.45, 2.75) is 65.5 Å². The molecule has 2 atom stereocenters. The molecule has 5 N–H and O–H groups in total. The van der Waals surface area contributed by atoms with Crippen LogP contribution in [-0.4, -0.2) is 60.9 Å². The monoisotopic (exact) mass is 870 g/mol. The predicted octanol–water partition coefficient (Wildman–Crippen LogP) is 3.57. The summed E-state index contributed by atoms with van der Waals surface area (Å²) in [6, 6.07) is 0. The van der Waals surface area contributed by atoms with E-state index in [4.69, 9.17) is 15.2 Å². The number of halogens is 3. The summed E-state index contributed by atoms with van der Waals surface area (Å²) in [5.41, 5.74) is 4.63. The molecule has 1 aromatic rings. The maximum Gasteiger partial charge on any atom is 0.334 e. The maximum absolute atomic E-state index is 14.5. The average Bonchev–Trinajstić information content (AvgIpc) is 2.81. The number of Topliss-reactive ketones (excluding diaryl/α,β-unsaturated/α-hetero) is 1. The van der Waals surface area contributed by atoms with Crippen LogP contribution in [0.2, 0.25) is 0 Å². The lowest BCUT2D eigenvalue weighted by Gasteiger charge is -2.33. The van der Waals surface area contributed by atoms with Crippen LogP contribution >= 0.6 is 67.8 Å². The molecule has 14 heteroatoms. The summed E-state index contributed by atoms with van der Waals surface area (Å²) >= 11 is 5.89. The molecule has 0 aromatic heterocycles. The number of benzene rings is 1. The van der Waals surface area contributed by atoms with Crippen molar-refractivity contribution in [1.82, 2.24) is 5.32 Å². The van der Waals surface area contributed by atoms with E-state index in [9.17, 15) is 24.0 Å². The zero-order valence-corrected chi connectivity index (χ0v) is 28.4. The van der Waals surface area contributed by atoms with Gasteiger partial charge in [0.25, 0.3) is 0 Å². The van der Waals surface area contributed by atoms with E-state index in [-0.39, 0.29) is 37.0 Å². The predicted molar refractivity (Wildman–Crippen MR) is 169 cm³/mol. The lowest BCUT2D eigenvalue weighted by atomic mass is 9.83. The molecule has 2 amide bonds. The molecule has 0 heterocycles. The van der Waals surface area contributed by atoms with Gasteiger partial charge in [-0.2, -0.15) is 0 Å². The quantitative estimate of drug-likeness (QED) is 0.0720. The van der Waals surface area contributed by atoms with Crippen molar-refractivity contribution < 1.29 is 33.4 Å². The van der Waals surface area contributed by atoms with E-state index < -0.39 is 29.4 Å². The zero-order valence-electron chi connectivity index (χ0n) is 21.9. The van der Waals surface area contributed by atoms with E-state index in [0.29, 0.717) is 41.5 Å². The number of ether oxygens (including phenoxy) is 2. The number of nitrogens with two attached hydrogens (primary N) is 1. The standard InChI is InChI=1S/C24H33I3N4O7/c1-6-37-23(36)24(9-7-8-10-28,29-11-12(2)38-15(5)34)22(35)16-17(25)20(30-13(3)32)19(27)21(18(16)26)31-14(4)33/h12,29H,6-11,28H2,1-5H3,(H,30,32)(H,31,33)/t12?,24-/m1/s1. The number of hydrogen-bond acceptors (Lipinski definition) is 9. The number of ketones is 1.